The molecule has 27 heavy (non-hydrogen) atoms. The maximum absolute atomic E-state index is 12.4. The Hall–Kier alpha value is -3.13. The van der Waals surface area contributed by atoms with Gasteiger partial charge in [-0.15, -0.1) is 5.10 Å². The first-order valence-corrected chi connectivity index (χ1v) is 8.74. The number of carbonyl (C=O) groups is 1. The van der Waals surface area contributed by atoms with Gasteiger partial charge in [-0.25, -0.2) is 9.48 Å². The molecule has 2 heterocycles. The van der Waals surface area contributed by atoms with Crippen molar-refractivity contribution in [3.8, 4) is 5.75 Å². The van der Waals surface area contributed by atoms with Crippen LogP contribution in [-0.2, 0) is 11.3 Å². The second-order valence-electron chi connectivity index (χ2n) is 5.88. The summed E-state index contributed by atoms with van der Waals surface area (Å²) in [5.74, 6) is 0.300. The molecule has 0 saturated carbocycles. The number of pyridine rings is 1. The molecule has 0 radical (unpaired) electrons. The predicted octanol–water partition coefficient (Wildman–Crippen LogP) is 1.34. The van der Waals surface area contributed by atoms with Crippen LogP contribution in [0, 0.1) is 0 Å². The van der Waals surface area contributed by atoms with E-state index >= 15 is 0 Å². The predicted molar refractivity (Wildman–Crippen MR) is 100 cm³/mol. The third kappa shape index (κ3) is 4.53. The van der Waals surface area contributed by atoms with E-state index in [0.717, 1.165) is 0 Å². The number of nitrogens with zero attached hydrogens (tertiary/aromatic N) is 3. The van der Waals surface area contributed by atoms with Crippen LogP contribution in [0.2, 0.25) is 0 Å². The molecule has 0 spiro atoms. The molecule has 8 heteroatoms. The summed E-state index contributed by atoms with van der Waals surface area (Å²) in [7, 11) is 1.59. The fraction of sp³-hybridized carbons (Fsp3) is 0.316. The summed E-state index contributed by atoms with van der Waals surface area (Å²) in [4.78, 5) is 24.6. The number of hydrogen-bond donors (Lipinski definition) is 1. The smallest absolute Gasteiger partial charge is 0.350 e. The van der Waals surface area contributed by atoms with E-state index in [1.165, 1.54) is 9.08 Å². The molecular weight excluding hydrogens is 348 g/mol. The number of benzene rings is 1. The third-order valence-electron chi connectivity index (χ3n) is 4.00. The summed E-state index contributed by atoms with van der Waals surface area (Å²) >= 11 is 0. The van der Waals surface area contributed by atoms with Gasteiger partial charge in [0.05, 0.1) is 12.2 Å². The number of aryl methyl sites for hydroxylation is 1. The Morgan fingerprint density at radius 2 is 1.96 bits per heavy atom. The molecule has 1 aromatic carbocycles. The zero-order valence-corrected chi connectivity index (χ0v) is 15.1. The monoisotopic (exact) mass is 370 g/mol. The first-order chi connectivity index (χ1) is 13.2. The number of hydrogen-bond acceptors (Lipinski definition) is 5. The third-order valence-corrected chi connectivity index (χ3v) is 4.00. The summed E-state index contributed by atoms with van der Waals surface area (Å²) in [6.45, 7) is 1.67. The molecule has 0 bridgehead atoms. The Morgan fingerprint density at radius 1 is 1.15 bits per heavy atom. The van der Waals surface area contributed by atoms with E-state index in [4.69, 9.17) is 9.47 Å². The van der Waals surface area contributed by atoms with Gasteiger partial charge in [0.2, 0.25) is 0 Å². The van der Waals surface area contributed by atoms with Gasteiger partial charge in [0.25, 0.3) is 5.91 Å². The van der Waals surface area contributed by atoms with Crippen LogP contribution in [0.25, 0.3) is 5.65 Å². The highest BCUT2D eigenvalue weighted by Gasteiger charge is 2.12. The van der Waals surface area contributed by atoms with Gasteiger partial charge < -0.3 is 14.8 Å². The lowest BCUT2D eigenvalue weighted by atomic mass is 10.2. The minimum Gasteiger partial charge on any atom is -0.490 e. The highest BCUT2D eigenvalue weighted by molar-refractivity contribution is 5.96. The van der Waals surface area contributed by atoms with Gasteiger partial charge in [0.1, 0.15) is 12.4 Å². The van der Waals surface area contributed by atoms with E-state index in [0.29, 0.717) is 49.7 Å². The van der Waals surface area contributed by atoms with Gasteiger partial charge in [-0.05, 0) is 30.7 Å². The van der Waals surface area contributed by atoms with Crippen LogP contribution in [-0.4, -0.2) is 47.0 Å². The molecule has 8 nitrogen and oxygen atoms in total. The second-order valence-corrected chi connectivity index (χ2v) is 5.88. The molecule has 0 atom stereocenters. The molecule has 3 aromatic rings. The molecular formula is C19H22N4O4. The molecule has 0 aliphatic rings. The van der Waals surface area contributed by atoms with Gasteiger partial charge in [-0.2, -0.15) is 0 Å². The van der Waals surface area contributed by atoms with Crippen molar-refractivity contribution < 1.29 is 14.3 Å². The minimum absolute atomic E-state index is 0.186. The molecule has 3 rings (SSSR count). The van der Waals surface area contributed by atoms with Crippen LogP contribution in [0.3, 0.4) is 0 Å². The summed E-state index contributed by atoms with van der Waals surface area (Å²) < 4.78 is 13.4. The van der Waals surface area contributed by atoms with Crippen LogP contribution in [0.5, 0.6) is 5.75 Å². The Labute approximate surface area is 156 Å². The average molecular weight is 370 g/mol. The molecule has 142 valence electrons. The fourth-order valence-corrected chi connectivity index (χ4v) is 2.65. The number of methoxy groups -OCH3 is 1. The van der Waals surface area contributed by atoms with Crippen LogP contribution in [0.15, 0.2) is 53.5 Å². The quantitative estimate of drug-likeness (QED) is 0.575. The van der Waals surface area contributed by atoms with E-state index in [2.05, 4.69) is 10.4 Å². The van der Waals surface area contributed by atoms with Crippen molar-refractivity contribution in [2.45, 2.75) is 13.0 Å². The zero-order valence-electron chi connectivity index (χ0n) is 15.1. The summed E-state index contributed by atoms with van der Waals surface area (Å²) in [5, 5.41) is 7.12. The molecule has 0 saturated heterocycles. The van der Waals surface area contributed by atoms with E-state index in [9.17, 15) is 9.59 Å². The maximum atomic E-state index is 12.4. The number of nitrogens with one attached hydrogen (secondary N) is 1. The van der Waals surface area contributed by atoms with E-state index in [1.54, 1.807) is 43.6 Å². The molecule has 0 aliphatic heterocycles. The lowest BCUT2D eigenvalue weighted by molar-refractivity contribution is 0.0944. The topological polar surface area (TPSA) is 86.9 Å². The van der Waals surface area contributed by atoms with Crippen molar-refractivity contribution in [3.63, 3.8) is 0 Å². The van der Waals surface area contributed by atoms with E-state index < -0.39 is 0 Å². The summed E-state index contributed by atoms with van der Waals surface area (Å²) in [5.41, 5.74) is 0.890. The van der Waals surface area contributed by atoms with Crippen LogP contribution in [0.4, 0.5) is 0 Å². The van der Waals surface area contributed by atoms with Gasteiger partial charge >= 0.3 is 5.69 Å². The second kappa shape index (κ2) is 9.00. The number of rotatable bonds is 9. The minimum atomic E-state index is -0.217. The van der Waals surface area contributed by atoms with E-state index in [-0.39, 0.29) is 11.6 Å². The Bertz CT molecular complexity index is 963. The molecule has 0 aliphatic carbocycles. The van der Waals surface area contributed by atoms with Crippen molar-refractivity contribution in [1.82, 2.24) is 19.5 Å². The van der Waals surface area contributed by atoms with Crippen LogP contribution < -0.4 is 15.7 Å². The Kier molecular flexibility index (Phi) is 6.22. The normalized spacial score (nSPS) is 10.9. The SMILES string of the molecule is COCCOc1ccccc1C(=O)NCCCn1nc2ccccn2c1=O. The Morgan fingerprint density at radius 3 is 2.78 bits per heavy atom. The van der Waals surface area contributed by atoms with Gasteiger partial charge in [-0.3, -0.25) is 9.20 Å². The largest absolute Gasteiger partial charge is 0.490 e. The van der Waals surface area contributed by atoms with Crippen molar-refractivity contribution in [2.75, 3.05) is 26.9 Å². The van der Waals surface area contributed by atoms with Gasteiger partial charge in [0, 0.05) is 26.4 Å². The van der Waals surface area contributed by atoms with Crippen molar-refractivity contribution in [3.05, 3.63) is 64.7 Å². The van der Waals surface area contributed by atoms with Crippen molar-refractivity contribution in [1.29, 1.82) is 0 Å². The fourth-order valence-electron chi connectivity index (χ4n) is 2.65. The van der Waals surface area contributed by atoms with Crippen LogP contribution in [0.1, 0.15) is 16.8 Å². The lowest BCUT2D eigenvalue weighted by Gasteiger charge is -2.11. The highest BCUT2D eigenvalue weighted by Crippen LogP contribution is 2.17. The van der Waals surface area contributed by atoms with E-state index in [1.807, 2.05) is 12.1 Å². The summed E-state index contributed by atoms with van der Waals surface area (Å²) in [6.07, 6.45) is 2.27. The van der Waals surface area contributed by atoms with Gasteiger partial charge in [-0.1, -0.05) is 18.2 Å². The molecule has 1 N–H and O–H groups in total. The van der Waals surface area contributed by atoms with Gasteiger partial charge in [0.15, 0.2) is 5.65 Å². The average Bonchev–Trinajstić information content (AvgIpc) is 3.02. The number of carbonyl (C=O) groups excluding carboxylic acids is 1. The summed E-state index contributed by atoms with van der Waals surface area (Å²) in [6, 6.07) is 12.5. The highest BCUT2D eigenvalue weighted by atomic mass is 16.5. The number of aromatic nitrogens is 3. The standard InChI is InChI=1S/C19H22N4O4/c1-26-13-14-27-16-8-3-2-7-15(16)18(24)20-10-6-12-23-19(25)22-11-5-4-9-17(22)21-23/h2-5,7-9,11H,6,10,12-14H2,1H3,(H,20,24). The van der Waals surface area contributed by atoms with Crippen molar-refractivity contribution in [2.24, 2.45) is 0 Å². The molecule has 0 unspecified atom stereocenters. The molecule has 0 fully saturated rings. The molecule has 2 aromatic heterocycles. The Balaban J connectivity index is 1.54. The number of amides is 1. The van der Waals surface area contributed by atoms with Crippen LogP contribution >= 0.6 is 0 Å². The first-order valence-electron chi connectivity index (χ1n) is 8.74. The number of fused-ring (bicyclic) bond motifs is 1. The zero-order chi connectivity index (χ0) is 19.1. The first kappa shape index (κ1) is 18.7. The lowest BCUT2D eigenvalue weighted by Crippen LogP contribution is -2.28. The maximum Gasteiger partial charge on any atom is 0.350 e. The van der Waals surface area contributed by atoms with Crippen molar-refractivity contribution >= 4 is 11.6 Å². The molecule has 1 amide bonds. The number of para-hydroxylation sites is 1. The number of ether oxygens (including phenoxy) is 2.